The Morgan fingerprint density at radius 2 is 2.00 bits per heavy atom. The molecule has 29 heavy (non-hydrogen) atoms. The van der Waals surface area contributed by atoms with Gasteiger partial charge in [-0.05, 0) is 45.3 Å². The Labute approximate surface area is 174 Å². The molecule has 0 aliphatic carbocycles. The summed E-state index contributed by atoms with van der Waals surface area (Å²) >= 11 is 1.22. The average molecular weight is 420 g/mol. The molecule has 9 heteroatoms. The summed E-state index contributed by atoms with van der Waals surface area (Å²) in [6.07, 6.45) is 3.40. The summed E-state index contributed by atoms with van der Waals surface area (Å²) in [5.41, 5.74) is 0.355. The van der Waals surface area contributed by atoms with Gasteiger partial charge >= 0.3 is 0 Å². The van der Waals surface area contributed by atoms with Crippen molar-refractivity contribution in [3.8, 4) is 0 Å². The van der Waals surface area contributed by atoms with E-state index < -0.39 is 0 Å². The summed E-state index contributed by atoms with van der Waals surface area (Å²) in [7, 11) is 3.88. The van der Waals surface area contributed by atoms with Gasteiger partial charge in [-0.25, -0.2) is 4.98 Å². The van der Waals surface area contributed by atoms with Crippen LogP contribution in [0, 0.1) is 12.8 Å². The van der Waals surface area contributed by atoms with Crippen molar-refractivity contribution in [1.82, 2.24) is 24.7 Å². The van der Waals surface area contributed by atoms with E-state index in [0.717, 1.165) is 32.5 Å². The Kier molecular flexibility index (Phi) is 6.69. The number of fused-ring (bicyclic) bond motifs is 1. The maximum absolute atomic E-state index is 13.0. The minimum atomic E-state index is -0.269. The predicted octanol–water partition coefficient (Wildman–Crippen LogP) is 1.32. The first-order valence-electron chi connectivity index (χ1n) is 9.97. The summed E-state index contributed by atoms with van der Waals surface area (Å²) in [5, 5.41) is 3.30. The van der Waals surface area contributed by atoms with Crippen molar-refractivity contribution >= 4 is 33.4 Å². The van der Waals surface area contributed by atoms with E-state index in [1.54, 1.807) is 6.92 Å². The third kappa shape index (κ3) is 4.84. The van der Waals surface area contributed by atoms with Crippen molar-refractivity contribution in [2.75, 3.05) is 40.3 Å². The number of likely N-dealkylation sites (N-methyl/N-ethyl adjacent to an activating group) is 1. The molecular weight excluding hydrogens is 390 g/mol. The molecule has 0 atom stereocenters. The zero-order valence-electron chi connectivity index (χ0n) is 17.5. The smallest absolute Gasteiger partial charge is 0.262 e. The number of hydrogen-bond acceptors (Lipinski definition) is 6. The number of hydrogen-bond donors (Lipinski definition) is 1. The number of piperidine rings is 1. The summed E-state index contributed by atoms with van der Waals surface area (Å²) in [4.78, 5) is 47.3. The number of aryl methyl sites for hydroxylation is 1. The van der Waals surface area contributed by atoms with Gasteiger partial charge in [0, 0.05) is 26.2 Å². The minimum absolute atomic E-state index is 0.0181. The zero-order chi connectivity index (χ0) is 21.1. The highest BCUT2D eigenvalue weighted by atomic mass is 32.1. The predicted molar refractivity (Wildman–Crippen MR) is 114 cm³/mol. The van der Waals surface area contributed by atoms with Gasteiger partial charge in [0.05, 0.1) is 16.6 Å². The summed E-state index contributed by atoms with van der Waals surface area (Å²) < 4.78 is 1.36. The maximum Gasteiger partial charge on any atom is 0.262 e. The van der Waals surface area contributed by atoms with Crippen LogP contribution in [-0.2, 0) is 11.3 Å². The van der Waals surface area contributed by atoms with Crippen LogP contribution < -0.4 is 10.9 Å². The molecule has 1 N–H and O–H groups in total. The van der Waals surface area contributed by atoms with Crippen molar-refractivity contribution in [3.63, 3.8) is 0 Å². The first kappa shape index (κ1) is 21.4. The van der Waals surface area contributed by atoms with Crippen LogP contribution in [0.4, 0.5) is 0 Å². The standard InChI is InChI=1S/C20H29N5O3S/c1-13-5-8-24(9-6-13)15(26)11-25-12-22-19-16(20(25)28)14(2)17(29-19)18(27)21-7-10-23(3)4/h12-13H,5-11H2,1-4H3,(H,21,27). The molecule has 2 aromatic heterocycles. The molecule has 1 saturated heterocycles. The van der Waals surface area contributed by atoms with E-state index in [2.05, 4.69) is 17.2 Å². The lowest BCUT2D eigenvalue weighted by Gasteiger charge is -2.30. The van der Waals surface area contributed by atoms with E-state index in [1.807, 2.05) is 23.9 Å². The highest BCUT2D eigenvalue weighted by molar-refractivity contribution is 7.20. The van der Waals surface area contributed by atoms with Gasteiger partial charge in [0.25, 0.3) is 11.5 Å². The SMILES string of the molecule is Cc1c(C(=O)NCCN(C)C)sc2ncn(CC(=O)N3CCC(C)CC3)c(=O)c12. The van der Waals surface area contributed by atoms with E-state index in [1.165, 1.54) is 22.2 Å². The van der Waals surface area contributed by atoms with E-state index in [4.69, 9.17) is 0 Å². The molecule has 2 amide bonds. The van der Waals surface area contributed by atoms with Crippen molar-refractivity contribution in [3.05, 3.63) is 27.1 Å². The van der Waals surface area contributed by atoms with E-state index in [0.29, 0.717) is 33.1 Å². The van der Waals surface area contributed by atoms with Crippen LogP contribution in [0.3, 0.4) is 0 Å². The lowest BCUT2D eigenvalue weighted by atomic mass is 9.99. The van der Waals surface area contributed by atoms with Gasteiger partial charge in [-0.3, -0.25) is 19.0 Å². The largest absolute Gasteiger partial charge is 0.350 e. The highest BCUT2D eigenvalue weighted by Gasteiger charge is 2.23. The molecule has 2 aromatic rings. The molecule has 0 spiro atoms. The molecule has 3 rings (SSSR count). The van der Waals surface area contributed by atoms with E-state index >= 15 is 0 Å². The molecule has 0 bridgehead atoms. The van der Waals surface area contributed by atoms with Crippen LogP contribution in [0.1, 0.15) is 35.0 Å². The summed E-state index contributed by atoms with van der Waals surface area (Å²) in [5.74, 6) is 0.377. The van der Waals surface area contributed by atoms with Crippen LogP contribution in [0.25, 0.3) is 10.2 Å². The Morgan fingerprint density at radius 3 is 2.66 bits per heavy atom. The van der Waals surface area contributed by atoms with Crippen molar-refractivity contribution in [1.29, 1.82) is 0 Å². The van der Waals surface area contributed by atoms with Gasteiger partial charge in [-0.2, -0.15) is 0 Å². The van der Waals surface area contributed by atoms with Gasteiger partial charge in [0.1, 0.15) is 11.4 Å². The van der Waals surface area contributed by atoms with Gasteiger partial charge in [-0.1, -0.05) is 6.92 Å². The fraction of sp³-hybridized carbons (Fsp3) is 0.600. The van der Waals surface area contributed by atoms with E-state index in [-0.39, 0.29) is 23.9 Å². The normalized spacial score (nSPS) is 15.3. The lowest BCUT2D eigenvalue weighted by Crippen LogP contribution is -2.41. The molecule has 8 nitrogen and oxygen atoms in total. The molecule has 1 fully saturated rings. The quantitative estimate of drug-likeness (QED) is 0.763. The monoisotopic (exact) mass is 419 g/mol. The number of carbonyl (C=O) groups is 2. The number of thiophene rings is 1. The number of amides is 2. The molecule has 0 saturated carbocycles. The van der Waals surface area contributed by atoms with Crippen molar-refractivity contribution in [2.45, 2.75) is 33.2 Å². The molecule has 0 unspecified atom stereocenters. The van der Waals surface area contributed by atoms with Gasteiger partial charge in [-0.15, -0.1) is 11.3 Å². The van der Waals surface area contributed by atoms with Crippen LogP contribution >= 0.6 is 11.3 Å². The molecule has 158 valence electrons. The number of nitrogens with one attached hydrogen (secondary N) is 1. The molecule has 0 radical (unpaired) electrons. The molecular formula is C20H29N5O3S. The second-order valence-electron chi connectivity index (χ2n) is 8.04. The van der Waals surface area contributed by atoms with Crippen molar-refractivity contribution < 1.29 is 9.59 Å². The number of rotatable bonds is 6. The second kappa shape index (κ2) is 9.04. The second-order valence-corrected chi connectivity index (χ2v) is 9.04. The Balaban J connectivity index is 1.78. The Bertz CT molecular complexity index is 957. The van der Waals surface area contributed by atoms with Crippen LogP contribution in [0.5, 0.6) is 0 Å². The first-order valence-corrected chi connectivity index (χ1v) is 10.8. The Morgan fingerprint density at radius 1 is 1.31 bits per heavy atom. The fourth-order valence-electron chi connectivity index (χ4n) is 3.47. The molecule has 1 aliphatic heterocycles. The number of nitrogens with zero attached hydrogens (tertiary/aromatic N) is 4. The van der Waals surface area contributed by atoms with Crippen molar-refractivity contribution in [2.24, 2.45) is 5.92 Å². The minimum Gasteiger partial charge on any atom is -0.350 e. The molecule has 1 aliphatic rings. The van der Waals surface area contributed by atoms with E-state index in [9.17, 15) is 14.4 Å². The van der Waals surface area contributed by atoms with Gasteiger partial charge in [0.15, 0.2) is 0 Å². The van der Waals surface area contributed by atoms with Crippen LogP contribution in [0.15, 0.2) is 11.1 Å². The lowest BCUT2D eigenvalue weighted by molar-refractivity contribution is -0.133. The number of carbonyl (C=O) groups excluding carboxylic acids is 2. The molecule has 0 aromatic carbocycles. The summed E-state index contributed by atoms with van der Waals surface area (Å²) in [6, 6.07) is 0. The first-order chi connectivity index (χ1) is 13.8. The fourth-order valence-corrected chi connectivity index (χ4v) is 4.52. The third-order valence-corrected chi connectivity index (χ3v) is 6.61. The average Bonchev–Trinajstić information content (AvgIpc) is 3.01. The highest BCUT2D eigenvalue weighted by Crippen LogP contribution is 2.26. The summed E-state index contributed by atoms with van der Waals surface area (Å²) in [6.45, 7) is 6.67. The third-order valence-electron chi connectivity index (χ3n) is 5.41. The Hall–Kier alpha value is -2.26. The topological polar surface area (TPSA) is 87.5 Å². The molecule has 3 heterocycles. The maximum atomic E-state index is 13.0. The number of likely N-dealkylation sites (tertiary alicyclic amines) is 1. The van der Waals surface area contributed by atoms with Crippen LogP contribution in [-0.4, -0.2) is 71.4 Å². The van der Waals surface area contributed by atoms with Crippen LogP contribution in [0.2, 0.25) is 0 Å². The van der Waals surface area contributed by atoms with Gasteiger partial charge in [0.2, 0.25) is 5.91 Å². The number of aromatic nitrogens is 2. The van der Waals surface area contributed by atoms with Gasteiger partial charge < -0.3 is 15.1 Å². The zero-order valence-corrected chi connectivity index (χ0v) is 18.3.